The normalized spacial score (nSPS) is 16.1. The average molecular weight is 401 g/mol. The Balaban J connectivity index is 1.44. The Morgan fingerprint density at radius 2 is 1.80 bits per heavy atom. The first-order valence-corrected chi connectivity index (χ1v) is 9.93. The molecule has 30 heavy (non-hydrogen) atoms. The molecule has 152 valence electrons. The van der Waals surface area contributed by atoms with Gasteiger partial charge in [-0.3, -0.25) is 9.59 Å². The number of rotatable bonds is 5. The van der Waals surface area contributed by atoms with E-state index < -0.39 is 5.91 Å². The van der Waals surface area contributed by atoms with Crippen LogP contribution in [0.15, 0.2) is 67.0 Å². The van der Waals surface area contributed by atoms with E-state index in [2.05, 4.69) is 20.2 Å². The Kier molecular flexibility index (Phi) is 5.70. The summed E-state index contributed by atoms with van der Waals surface area (Å²) in [5.41, 5.74) is 8.22. The van der Waals surface area contributed by atoms with Gasteiger partial charge in [0.1, 0.15) is 12.1 Å². The number of carbonyl (C=O) groups excluding carboxylic acids is 2. The van der Waals surface area contributed by atoms with Gasteiger partial charge in [-0.15, -0.1) is 0 Å². The molecule has 2 aromatic carbocycles. The number of aromatic nitrogens is 2. The van der Waals surface area contributed by atoms with Crippen LogP contribution in [-0.4, -0.2) is 34.9 Å². The molecule has 2 heterocycles. The lowest BCUT2D eigenvalue weighted by molar-refractivity contribution is -0.120. The van der Waals surface area contributed by atoms with E-state index in [4.69, 9.17) is 5.73 Å². The lowest BCUT2D eigenvalue weighted by atomic mass is 9.97. The maximum atomic E-state index is 12.8. The van der Waals surface area contributed by atoms with Crippen molar-refractivity contribution in [1.29, 1.82) is 0 Å². The molecule has 1 unspecified atom stereocenters. The molecule has 0 radical (unpaired) electrons. The van der Waals surface area contributed by atoms with Gasteiger partial charge in [0.05, 0.1) is 11.6 Å². The zero-order valence-corrected chi connectivity index (χ0v) is 16.5. The molecule has 3 aromatic rings. The highest BCUT2D eigenvalue weighted by molar-refractivity contribution is 5.95. The number of nitrogens with zero attached hydrogens (tertiary/aromatic N) is 3. The van der Waals surface area contributed by atoms with Gasteiger partial charge < -0.3 is 16.0 Å². The number of hydrogen-bond acceptors (Lipinski definition) is 5. The van der Waals surface area contributed by atoms with Gasteiger partial charge >= 0.3 is 0 Å². The van der Waals surface area contributed by atoms with Crippen molar-refractivity contribution in [2.24, 2.45) is 11.7 Å². The monoisotopic (exact) mass is 401 g/mol. The zero-order chi connectivity index (χ0) is 20.9. The van der Waals surface area contributed by atoms with Crippen molar-refractivity contribution in [2.75, 3.05) is 23.3 Å². The molecule has 4 rings (SSSR count). The lowest BCUT2D eigenvalue weighted by Crippen LogP contribution is -2.41. The minimum atomic E-state index is -0.490. The molecular formula is C23H23N5O2. The van der Waals surface area contributed by atoms with Crippen LogP contribution < -0.4 is 16.0 Å². The van der Waals surface area contributed by atoms with E-state index in [1.807, 2.05) is 36.4 Å². The number of amides is 2. The van der Waals surface area contributed by atoms with Gasteiger partial charge in [-0.05, 0) is 37.1 Å². The van der Waals surface area contributed by atoms with Gasteiger partial charge in [-0.1, -0.05) is 30.3 Å². The van der Waals surface area contributed by atoms with Crippen LogP contribution in [-0.2, 0) is 4.79 Å². The summed E-state index contributed by atoms with van der Waals surface area (Å²) in [6.07, 6.45) is 3.29. The third kappa shape index (κ3) is 4.46. The van der Waals surface area contributed by atoms with Crippen LogP contribution in [0, 0.1) is 5.92 Å². The number of piperidine rings is 1. The summed E-state index contributed by atoms with van der Waals surface area (Å²) >= 11 is 0. The standard InChI is InChI=1S/C23H23N5O2/c24-22(29)17-8-10-19(11-9-17)27-23(30)18-7-4-12-28(14-18)21-13-20(25-15-26-21)16-5-2-1-3-6-16/h1-3,5-6,8-11,13,15,18H,4,7,12,14H2,(H2,24,29)(H,27,30). The van der Waals surface area contributed by atoms with Crippen molar-refractivity contribution in [2.45, 2.75) is 12.8 Å². The fourth-order valence-corrected chi connectivity index (χ4v) is 3.65. The Labute approximate surface area is 175 Å². The van der Waals surface area contributed by atoms with Gasteiger partial charge in [-0.2, -0.15) is 0 Å². The molecule has 0 bridgehead atoms. The lowest BCUT2D eigenvalue weighted by Gasteiger charge is -2.33. The molecule has 1 aliphatic heterocycles. The second-order valence-corrected chi connectivity index (χ2v) is 7.34. The van der Waals surface area contributed by atoms with Gasteiger partial charge in [0, 0.05) is 36.0 Å². The topological polar surface area (TPSA) is 101 Å². The quantitative estimate of drug-likeness (QED) is 0.684. The average Bonchev–Trinajstić information content (AvgIpc) is 2.80. The summed E-state index contributed by atoms with van der Waals surface area (Å²) in [5.74, 6) is 0.149. The first kappa shape index (κ1) is 19.6. The highest BCUT2D eigenvalue weighted by Crippen LogP contribution is 2.25. The van der Waals surface area contributed by atoms with Crippen molar-refractivity contribution in [3.8, 4) is 11.3 Å². The van der Waals surface area contributed by atoms with Crippen LogP contribution in [0.4, 0.5) is 11.5 Å². The van der Waals surface area contributed by atoms with Crippen LogP contribution in [0.5, 0.6) is 0 Å². The highest BCUT2D eigenvalue weighted by atomic mass is 16.2. The summed E-state index contributed by atoms with van der Waals surface area (Å²) in [7, 11) is 0. The SMILES string of the molecule is NC(=O)c1ccc(NC(=O)C2CCCN(c3cc(-c4ccccc4)ncn3)C2)cc1. The third-order valence-electron chi connectivity index (χ3n) is 5.28. The second kappa shape index (κ2) is 8.73. The number of anilines is 2. The van der Waals surface area contributed by atoms with E-state index >= 15 is 0 Å². The largest absolute Gasteiger partial charge is 0.366 e. The summed E-state index contributed by atoms with van der Waals surface area (Å²) in [4.78, 5) is 34.9. The molecule has 0 aliphatic carbocycles. The molecule has 1 aliphatic rings. The first-order chi connectivity index (χ1) is 14.6. The van der Waals surface area contributed by atoms with E-state index in [1.54, 1.807) is 30.6 Å². The van der Waals surface area contributed by atoms with Gasteiger partial charge in [0.15, 0.2) is 0 Å². The molecule has 1 saturated heterocycles. The second-order valence-electron chi connectivity index (χ2n) is 7.34. The van der Waals surface area contributed by atoms with Crippen LogP contribution in [0.25, 0.3) is 11.3 Å². The summed E-state index contributed by atoms with van der Waals surface area (Å²) in [5, 5.41) is 2.94. The van der Waals surface area contributed by atoms with Crippen LogP contribution in [0.2, 0.25) is 0 Å². The van der Waals surface area contributed by atoms with Crippen LogP contribution in [0.3, 0.4) is 0 Å². The molecule has 7 nitrogen and oxygen atoms in total. The molecule has 1 atom stereocenters. The maximum absolute atomic E-state index is 12.8. The number of primary amides is 1. The Morgan fingerprint density at radius 1 is 1.03 bits per heavy atom. The maximum Gasteiger partial charge on any atom is 0.248 e. The number of nitrogens with two attached hydrogens (primary N) is 1. The molecule has 0 spiro atoms. The fourth-order valence-electron chi connectivity index (χ4n) is 3.65. The van der Waals surface area contributed by atoms with Crippen LogP contribution in [0.1, 0.15) is 23.2 Å². The molecular weight excluding hydrogens is 378 g/mol. The van der Waals surface area contributed by atoms with Gasteiger partial charge in [-0.25, -0.2) is 9.97 Å². The first-order valence-electron chi connectivity index (χ1n) is 9.93. The predicted octanol–water partition coefficient (Wildman–Crippen LogP) is 3.10. The molecule has 1 aromatic heterocycles. The smallest absolute Gasteiger partial charge is 0.248 e. The molecule has 0 saturated carbocycles. The van der Waals surface area contributed by atoms with Crippen molar-refractivity contribution in [3.05, 3.63) is 72.6 Å². The Bertz CT molecular complexity index is 1040. The summed E-state index contributed by atoms with van der Waals surface area (Å²) < 4.78 is 0. The van der Waals surface area contributed by atoms with Crippen molar-refractivity contribution < 1.29 is 9.59 Å². The Hall–Kier alpha value is -3.74. The molecule has 3 N–H and O–H groups in total. The van der Waals surface area contributed by atoms with E-state index in [1.165, 1.54) is 0 Å². The fraction of sp³-hybridized carbons (Fsp3) is 0.217. The van der Waals surface area contributed by atoms with Crippen molar-refractivity contribution >= 4 is 23.3 Å². The number of nitrogens with one attached hydrogen (secondary N) is 1. The van der Waals surface area contributed by atoms with Gasteiger partial charge in [0.25, 0.3) is 0 Å². The van der Waals surface area contributed by atoms with Crippen molar-refractivity contribution in [3.63, 3.8) is 0 Å². The summed E-state index contributed by atoms with van der Waals surface area (Å²) in [6, 6.07) is 18.5. The number of hydrogen-bond donors (Lipinski definition) is 2. The summed E-state index contributed by atoms with van der Waals surface area (Å²) in [6.45, 7) is 1.44. The van der Waals surface area contributed by atoms with Crippen LogP contribution >= 0.6 is 0 Å². The molecule has 1 fully saturated rings. The van der Waals surface area contributed by atoms with Gasteiger partial charge in [0.2, 0.25) is 11.8 Å². The number of benzene rings is 2. The minimum absolute atomic E-state index is 0.0381. The number of carbonyl (C=O) groups is 2. The zero-order valence-electron chi connectivity index (χ0n) is 16.5. The van der Waals surface area contributed by atoms with E-state index in [0.29, 0.717) is 17.8 Å². The van der Waals surface area contributed by atoms with E-state index in [9.17, 15) is 9.59 Å². The van der Waals surface area contributed by atoms with Crippen molar-refractivity contribution in [1.82, 2.24) is 9.97 Å². The molecule has 2 amide bonds. The van der Waals surface area contributed by atoms with E-state index in [0.717, 1.165) is 36.5 Å². The molecule has 7 heteroatoms. The minimum Gasteiger partial charge on any atom is -0.366 e. The highest BCUT2D eigenvalue weighted by Gasteiger charge is 2.27. The Morgan fingerprint density at radius 3 is 2.53 bits per heavy atom. The third-order valence-corrected chi connectivity index (χ3v) is 5.28. The van der Waals surface area contributed by atoms with E-state index in [-0.39, 0.29) is 11.8 Å². The predicted molar refractivity (Wildman–Crippen MR) is 116 cm³/mol.